The minimum atomic E-state index is -4.55. The van der Waals surface area contributed by atoms with Gasteiger partial charge in [-0.2, -0.15) is 0 Å². The molecule has 0 bridgehead atoms. The molecule has 0 spiro atoms. The standard InChI is InChI=1S/C19H12BrF2NO7S2/c20-14-15(30-8-13(24)25)17(19(26)27)31-16(14)9-4-6-10(7-5-9)23-32(28,29)18-11(21)2-1-3-12(18)22/h1-7,23H,8H2,(H,24,25)(H,26,27). The number of carbonyl (C=O) groups is 2. The summed E-state index contributed by atoms with van der Waals surface area (Å²) >= 11 is 4.02. The summed E-state index contributed by atoms with van der Waals surface area (Å²) in [4.78, 5) is 21.3. The molecule has 0 atom stereocenters. The lowest BCUT2D eigenvalue weighted by atomic mass is 10.2. The number of hydrogen-bond donors (Lipinski definition) is 3. The van der Waals surface area contributed by atoms with Crippen molar-refractivity contribution in [2.24, 2.45) is 0 Å². The van der Waals surface area contributed by atoms with Crippen LogP contribution in [0, 0.1) is 11.6 Å². The third kappa shape index (κ3) is 4.89. The summed E-state index contributed by atoms with van der Waals surface area (Å²) < 4.78 is 59.8. The predicted molar refractivity (Wildman–Crippen MR) is 115 cm³/mol. The summed E-state index contributed by atoms with van der Waals surface area (Å²) in [6.45, 7) is -0.748. The van der Waals surface area contributed by atoms with Crippen LogP contribution in [-0.4, -0.2) is 37.2 Å². The molecule has 3 rings (SSSR count). The average Bonchev–Trinajstić information content (AvgIpc) is 3.03. The van der Waals surface area contributed by atoms with Gasteiger partial charge in [-0.05, 0) is 45.8 Å². The zero-order valence-electron chi connectivity index (χ0n) is 15.6. The Hall–Kier alpha value is -3.03. The van der Waals surface area contributed by atoms with Crippen LogP contribution in [-0.2, 0) is 14.8 Å². The van der Waals surface area contributed by atoms with E-state index in [1.165, 1.54) is 24.3 Å². The van der Waals surface area contributed by atoms with Crippen molar-refractivity contribution in [3.05, 3.63) is 63.4 Å². The first kappa shape index (κ1) is 23.6. The molecule has 0 amide bonds. The number of ether oxygens (including phenoxy) is 1. The summed E-state index contributed by atoms with van der Waals surface area (Å²) in [5.41, 5.74) is 0.458. The van der Waals surface area contributed by atoms with Crippen LogP contribution in [0.25, 0.3) is 10.4 Å². The second-order valence-corrected chi connectivity index (χ2v) is 9.56. The Morgan fingerprint density at radius 2 is 1.66 bits per heavy atom. The molecule has 0 aliphatic heterocycles. The molecule has 3 aromatic rings. The van der Waals surface area contributed by atoms with Crippen molar-refractivity contribution in [2.75, 3.05) is 11.3 Å². The molecule has 13 heteroatoms. The molecular weight excluding hydrogens is 536 g/mol. The third-order valence-corrected chi connectivity index (χ3v) is 7.59. The number of aromatic carboxylic acids is 1. The van der Waals surface area contributed by atoms with E-state index in [-0.39, 0.29) is 20.8 Å². The molecule has 168 valence electrons. The van der Waals surface area contributed by atoms with Crippen LogP contribution in [0.5, 0.6) is 5.75 Å². The van der Waals surface area contributed by atoms with E-state index in [0.29, 0.717) is 10.4 Å². The first-order valence-electron chi connectivity index (χ1n) is 8.48. The van der Waals surface area contributed by atoms with Crippen LogP contribution in [0.1, 0.15) is 9.67 Å². The summed E-state index contributed by atoms with van der Waals surface area (Å²) in [5.74, 6) is -5.25. The number of benzene rings is 2. The fraction of sp³-hybridized carbons (Fsp3) is 0.0526. The maximum absolute atomic E-state index is 13.8. The number of thiophene rings is 1. The van der Waals surface area contributed by atoms with Gasteiger partial charge in [0.25, 0.3) is 10.0 Å². The highest BCUT2D eigenvalue weighted by molar-refractivity contribution is 9.10. The number of carboxylic acids is 2. The van der Waals surface area contributed by atoms with Crippen molar-refractivity contribution >= 4 is 54.9 Å². The lowest BCUT2D eigenvalue weighted by Crippen LogP contribution is -2.16. The number of nitrogens with one attached hydrogen (secondary N) is 1. The summed E-state index contributed by atoms with van der Waals surface area (Å²) in [5, 5.41) is 18.1. The van der Waals surface area contributed by atoms with Crippen molar-refractivity contribution in [3.8, 4) is 16.2 Å². The number of halogens is 3. The quantitative estimate of drug-likeness (QED) is 0.380. The van der Waals surface area contributed by atoms with Gasteiger partial charge in [-0.15, -0.1) is 11.3 Å². The number of sulfonamides is 1. The van der Waals surface area contributed by atoms with E-state index in [0.717, 1.165) is 29.5 Å². The highest BCUT2D eigenvalue weighted by Crippen LogP contribution is 2.45. The van der Waals surface area contributed by atoms with Crippen molar-refractivity contribution in [1.29, 1.82) is 0 Å². The molecule has 2 aromatic carbocycles. The highest BCUT2D eigenvalue weighted by atomic mass is 79.9. The normalized spacial score (nSPS) is 11.2. The number of rotatable bonds is 8. The summed E-state index contributed by atoms with van der Waals surface area (Å²) in [7, 11) is -4.55. The lowest BCUT2D eigenvalue weighted by molar-refractivity contribution is -0.139. The van der Waals surface area contributed by atoms with Gasteiger partial charge in [0.05, 0.1) is 9.35 Å². The van der Waals surface area contributed by atoms with E-state index in [1.54, 1.807) is 0 Å². The molecule has 0 aliphatic rings. The van der Waals surface area contributed by atoms with Gasteiger partial charge >= 0.3 is 11.9 Å². The Morgan fingerprint density at radius 3 is 2.19 bits per heavy atom. The summed E-state index contributed by atoms with van der Waals surface area (Å²) in [6.07, 6.45) is 0. The van der Waals surface area contributed by atoms with Gasteiger partial charge < -0.3 is 14.9 Å². The van der Waals surface area contributed by atoms with Crippen LogP contribution in [0.2, 0.25) is 0 Å². The van der Waals surface area contributed by atoms with Crippen LogP contribution in [0.15, 0.2) is 51.8 Å². The zero-order valence-corrected chi connectivity index (χ0v) is 18.9. The minimum Gasteiger partial charge on any atom is -0.479 e. The monoisotopic (exact) mass is 547 g/mol. The first-order valence-corrected chi connectivity index (χ1v) is 11.6. The molecule has 0 fully saturated rings. The van der Waals surface area contributed by atoms with Crippen LogP contribution in [0.4, 0.5) is 14.5 Å². The maximum atomic E-state index is 13.8. The van der Waals surface area contributed by atoms with Gasteiger partial charge in [0.1, 0.15) is 11.6 Å². The molecule has 8 nitrogen and oxygen atoms in total. The van der Waals surface area contributed by atoms with E-state index in [4.69, 9.17) is 9.84 Å². The van der Waals surface area contributed by atoms with Gasteiger partial charge in [0.15, 0.2) is 22.1 Å². The van der Waals surface area contributed by atoms with Gasteiger partial charge in [0, 0.05) is 5.69 Å². The first-order chi connectivity index (χ1) is 15.0. The van der Waals surface area contributed by atoms with Crippen molar-refractivity contribution in [1.82, 2.24) is 0 Å². The number of anilines is 1. The molecule has 0 saturated carbocycles. The van der Waals surface area contributed by atoms with E-state index in [2.05, 4.69) is 20.7 Å². The Balaban J connectivity index is 1.91. The van der Waals surface area contributed by atoms with Gasteiger partial charge in [0.2, 0.25) is 0 Å². The van der Waals surface area contributed by atoms with Crippen molar-refractivity contribution in [2.45, 2.75) is 4.90 Å². The Kier molecular flexibility index (Phi) is 6.81. The predicted octanol–water partition coefficient (Wildman–Crippen LogP) is 4.42. The minimum absolute atomic E-state index is 0.00453. The molecule has 0 aliphatic carbocycles. The SMILES string of the molecule is O=C(O)COc1c(C(=O)O)sc(-c2ccc(NS(=O)(=O)c3c(F)cccc3F)cc2)c1Br. The van der Waals surface area contributed by atoms with Crippen molar-refractivity contribution < 1.29 is 41.7 Å². The molecule has 0 saturated heterocycles. The van der Waals surface area contributed by atoms with Crippen LogP contribution >= 0.6 is 27.3 Å². The Morgan fingerprint density at radius 1 is 1.06 bits per heavy atom. The molecule has 32 heavy (non-hydrogen) atoms. The topological polar surface area (TPSA) is 130 Å². The lowest BCUT2D eigenvalue weighted by Gasteiger charge is -2.10. The van der Waals surface area contributed by atoms with Crippen LogP contribution < -0.4 is 9.46 Å². The van der Waals surface area contributed by atoms with Gasteiger partial charge in [-0.1, -0.05) is 18.2 Å². The van der Waals surface area contributed by atoms with Gasteiger partial charge in [-0.3, -0.25) is 4.72 Å². The van der Waals surface area contributed by atoms with E-state index >= 15 is 0 Å². The molecular formula is C19H12BrF2NO7S2. The highest BCUT2D eigenvalue weighted by Gasteiger charge is 2.26. The average molecular weight is 548 g/mol. The smallest absolute Gasteiger partial charge is 0.349 e. The Labute approximate surface area is 192 Å². The molecule has 0 radical (unpaired) electrons. The maximum Gasteiger partial charge on any atom is 0.349 e. The second kappa shape index (κ2) is 9.22. The number of carboxylic acid groups (broad SMARTS) is 2. The second-order valence-electron chi connectivity index (χ2n) is 6.12. The van der Waals surface area contributed by atoms with Gasteiger partial charge in [-0.25, -0.2) is 26.8 Å². The van der Waals surface area contributed by atoms with E-state index in [1.807, 2.05) is 0 Å². The number of aliphatic carboxylic acids is 1. The fourth-order valence-electron chi connectivity index (χ4n) is 2.62. The fourth-order valence-corrected chi connectivity index (χ4v) is 5.72. The Bertz CT molecular complexity index is 1290. The van der Waals surface area contributed by atoms with E-state index < -0.39 is 45.1 Å². The molecule has 1 aromatic heterocycles. The third-order valence-electron chi connectivity index (χ3n) is 3.93. The largest absolute Gasteiger partial charge is 0.479 e. The molecule has 1 heterocycles. The zero-order chi connectivity index (χ0) is 23.6. The van der Waals surface area contributed by atoms with E-state index in [9.17, 15) is 31.9 Å². The van der Waals surface area contributed by atoms with Crippen LogP contribution in [0.3, 0.4) is 0 Å². The molecule has 3 N–H and O–H groups in total. The number of hydrogen-bond acceptors (Lipinski definition) is 6. The summed E-state index contributed by atoms with van der Waals surface area (Å²) in [6, 6.07) is 8.19. The van der Waals surface area contributed by atoms with Crippen molar-refractivity contribution in [3.63, 3.8) is 0 Å². The molecule has 0 unspecified atom stereocenters.